The van der Waals surface area contributed by atoms with E-state index in [1.807, 2.05) is 6.92 Å². The smallest absolute Gasteiger partial charge is 0.328 e. The van der Waals surface area contributed by atoms with Gasteiger partial charge in [-0.3, -0.25) is 0 Å². The molecule has 1 atom stereocenters. The van der Waals surface area contributed by atoms with Crippen LogP contribution in [0.4, 0.5) is 0 Å². The molecule has 21 heavy (non-hydrogen) atoms. The van der Waals surface area contributed by atoms with Gasteiger partial charge in [0.05, 0.1) is 4.90 Å². The maximum Gasteiger partial charge on any atom is 0.328 e. The summed E-state index contributed by atoms with van der Waals surface area (Å²) in [6.45, 7) is 2.49. The number of aliphatic carboxylic acids is 1. The monoisotopic (exact) mass is 309 g/mol. The Kier molecular flexibility index (Phi) is 4.80. The van der Waals surface area contributed by atoms with Crippen molar-refractivity contribution in [2.45, 2.75) is 37.1 Å². The highest BCUT2D eigenvalue weighted by Gasteiger charge is 2.30. The normalized spacial score (nSPS) is 20.7. The number of sulfonamides is 1. The van der Waals surface area contributed by atoms with E-state index in [9.17, 15) is 13.2 Å². The molecule has 1 aliphatic rings. The fourth-order valence-corrected chi connectivity index (χ4v) is 4.18. The van der Waals surface area contributed by atoms with Crippen LogP contribution >= 0.6 is 0 Å². The predicted molar refractivity (Wildman–Crippen MR) is 80.3 cm³/mol. The maximum atomic E-state index is 12.6. The number of benzene rings is 1. The summed E-state index contributed by atoms with van der Waals surface area (Å²) in [6.07, 6.45) is 5.30. The minimum atomic E-state index is -3.47. The highest BCUT2D eigenvalue weighted by atomic mass is 32.2. The van der Waals surface area contributed by atoms with E-state index in [0.717, 1.165) is 25.3 Å². The van der Waals surface area contributed by atoms with Crippen LogP contribution in [0, 0.1) is 0 Å². The van der Waals surface area contributed by atoms with Crippen molar-refractivity contribution in [3.05, 3.63) is 35.9 Å². The maximum absolute atomic E-state index is 12.6. The lowest BCUT2D eigenvalue weighted by Gasteiger charge is -2.32. The van der Waals surface area contributed by atoms with Crippen molar-refractivity contribution < 1.29 is 18.3 Å². The van der Waals surface area contributed by atoms with Crippen LogP contribution < -0.4 is 0 Å². The zero-order chi connectivity index (χ0) is 15.5. The van der Waals surface area contributed by atoms with E-state index in [-0.39, 0.29) is 10.9 Å². The zero-order valence-corrected chi connectivity index (χ0v) is 12.7. The Morgan fingerprint density at radius 2 is 1.95 bits per heavy atom. The molecule has 1 N–H and O–H groups in total. The average molecular weight is 309 g/mol. The molecule has 0 bridgehead atoms. The van der Waals surface area contributed by atoms with Crippen molar-refractivity contribution >= 4 is 22.1 Å². The van der Waals surface area contributed by atoms with Gasteiger partial charge in [0, 0.05) is 18.7 Å². The third kappa shape index (κ3) is 3.71. The molecular formula is C15H19NO4S. The van der Waals surface area contributed by atoms with Crippen molar-refractivity contribution in [2.75, 3.05) is 6.54 Å². The van der Waals surface area contributed by atoms with Crippen LogP contribution in [-0.4, -0.2) is 36.4 Å². The van der Waals surface area contributed by atoms with Crippen LogP contribution in [0.3, 0.4) is 0 Å². The number of carboxylic acids is 1. The molecule has 6 heteroatoms. The molecule has 0 amide bonds. The summed E-state index contributed by atoms with van der Waals surface area (Å²) in [7, 11) is -3.47. The molecule has 0 aliphatic carbocycles. The topological polar surface area (TPSA) is 74.7 Å². The van der Waals surface area contributed by atoms with Crippen molar-refractivity contribution in [3.63, 3.8) is 0 Å². The van der Waals surface area contributed by atoms with Gasteiger partial charge < -0.3 is 5.11 Å². The number of piperidine rings is 1. The predicted octanol–water partition coefficient (Wildman–Crippen LogP) is 2.35. The summed E-state index contributed by atoms with van der Waals surface area (Å²) in [5, 5.41) is 8.57. The van der Waals surface area contributed by atoms with E-state index < -0.39 is 16.0 Å². The Labute approximate surface area is 124 Å². The van der Waals surface area contributed by atoms with E-state index in [0.29, 0.717) is 12.1 Å². The summed E-state index contributed by atoms with van der Waals surface area (Å²) in [6, 6.07) is 6.30. The number of nitrogens with zero attached hydrogens (tertiary/aromatic N) is 1. The first-order chi connectivity index (χ1) is 9.91. The van der Waals surface area contributed by atoms with E-state index >= 15 is 0 Å². The van der Waals surface area contributed by atoms with Crippen LogP contribution in [0.1, 0.15) is 31.7 Å². The molecular weight excluding hydrogens is 290 g/mol. The summed E-state index contributed by atoms with van der Waals surface area (Å²) < 4.78 is 26.7. The van der Waals surface area contributed by atoms with Crippen molar-refractivity contribution in [1.29, 1.82) is 0 Å². The van der Waals surface area contributed by atoms with Gasteiger partial charge in [0.1, 0.15) is 0 Å². The lowest BCUT2D eigenvalue weighted by molar-refractivity contribution is -0.131. The molecule has 1 heterocycles. The lowest BCUT2D eigenvalue weighted by atomic mass is 10.1. The van der Waals surface area contributed by atoms with E-state index in [4.69, 9.17) is 5.11 Å². The Hall–Kier alpha value is -1.66. The second kappa shape index (κ2) is 6.41. The molecule has 1 aliphatic heterocycles. The quantitative estimate of drug-likeness (QED) is 0.866. The van der Waals surface area contributed by atoms with E-state index in [1.54, 1.807) is 16.4 Å². The first kappa shape index (κ1) is 15.7. The van der Waals surface area contributed by atoms with Crippen molar-refractivity contribution in [1.82, 2.24) is 4.31 Å². The first-order valence-electron chi connectivity index (χ1n) is 6.94. The third-order valence-corrected chi connectivity index (χ3v) is 5.67. The van der Waals surface area contributed by atoms with E-state index in [2.05, 4.69) is 0 Å². The van der Waals surface area contributed by atoms with Gasteiger partial charge in [-0.1, -0.05) is 18.6 Å². The molecule has 1 saturated heterocycles. The summed E-state index contributed by atoms with van der Waals surface area (Å²) in [5.74, 6) is -1.03. The number of rotatable bonds is 4. The molecule has 114 valence electrons. The van der Waals surface area contributed by atoms with Gasteiger partial charge in [-0.2, -0.15) is 4.31 Å². The Morgan fingerprint density at radius 1 is 1.29 bits per heavy atom. The Bertz CT molecular complexity index is 634. The lowest BCUT2D eigenvalue weighted by Crippen LogP contribution is -2.41. The molecule has 2 rings (SSSR count). The molecule has 0 spiro atoms. The summed E-state index contributed by atoms with van der Waals surface area (Å²) in [5.41, 5.74) is 0.656. The molecule has 5 nitrogen and oxygen atoms in total. The number of carbonyl (C=O) groups is 1. The second-order valence-electron chi connectivity index (χ2n) is 5.20. The van der Waals surface area contributed by atoms with Crippen LogP contribution in [0.15, 0.2) is 35.2 Å². The van der Waals surface area contributed by atoms with Crippen LogP contribution in [-0.2, 0) is 14.8 Å². The number of hydrogen-bond donors (Lipinski definition) is 1. The van der Waals surface area contributed by atoms with Crippen molar-refractivity contribution in [2.24, 2.45) is 0 Å². The van der Waals surface area contributed by atoms with E-state index in [1.165, 1.54) is 18.2 Å². The Morgan fingerprint density at radius 3 is 2.52 bits per heavy atom. The van der Waals surface area contributed by atoms with Gasteiger partial charge in [0.15, 0.2) is 0 Å². The van der Waals surface area contributed by atoms with Crippen LogP contribution in [0.5, 0.6) is 0 Å². The Balaban J connectivity index is 2.22. The van der Waals surface area contributed by atoms with Gasteiger partial charge in [0.25, 0.3) is 0 Å². The molecule has 0 saturated carbocycles. The zero-order valence-electron chi connectivity index (χ0n) is 11.9. The van der Waals surface area contributed by atoms with Gasteiger partial charge in [-0.25, -0.2) is 13.2 Å². The highest BCUT2D eigenvalue weighted by Crippen LogP contribution is 2.25. The third-order valence-electron chi connectivity index (χ3n) is 3.65. The number of hydrogen-bond acceptors (Lipinski definition) is 3. The van der Waals surface area contributed by atoms with Gasteiger partial charge in [-0.15, -0.1) is 0 Å². The fraction of sp³-hybridized carbons (Fsp3) is 0.400. The van der Waals surface area contributed by atoms with Gasteiger partial charge in [0.2, 0.25) is 10.0 Å². The average Bonchev–Trinajstić information content (AvgIpc) is 2.46. The standard InChI is InChI=1S/C15H19NO4S/c1-12-4-2-3-11-16(12)21(19,20)14-8-5-13(6-9-14)7-10-15(17)18/h5-10,12H,2-4,11H2,1H3,(H,17,18)/b10-7+. The highest BCUT2D eigenvalue weighted by molar-refractivity contribution is 7.89. The molecule has 1 unspecified atom stereocenters. The van der Waals surface area contributed by atoms with Gasteiger partial charge in [-0.05, 0) is 43.5 Å². The SMILES string of the molecule is CC1CCCCN1S(=O)(=O)c1ccc(/C=C/C(=O)O)cc1. The van der Waals surface area contributed by atoms with Crippen LogP contribution in [0.2, 0.25) is 0 Å². The molecule has 0 aromatic heterocycles. The first-order valence-corrected chi connectivity index (χ1v) is 8.38. The minimum Gasteiger partial charge on any atom is -0.478 e. The van der Waals surface area contributed by atoms with Crippen LogP contribution in [0.25, 0.3) is 6.08 Å². The molecule has 0 radical (unpaired) electrons. The summed E-state index contributed by atoms with van der Waals surface area (Å²) >= 11 is 0. The molecule has 1 aromatic rings. The number of carboxylic acid groups (broad SMARTS) is 1. The second-order valence-corrected chi connectivity index (χ2v) is 7.09. The molecule has 1 fully saturated rings. The fourth-order valence-electron chi connectivity index (χ4n) is 2.48. The van der Waals surface area contributed by atoms with Crippen molar-refractivity contribution in [3.8, 4) is 0 Å². The minimum absolute atomic E-state index is 0.0235. The summed E-state index contributed by atoms with van der Waals surface area (Å²) in [4.78, 5) is 10.7. The largest absolute Gasteiger partial charge is 0.478 e. The molecule has 1 aromatic carbocycles. The van der Waals surface area contributed by atoms with Gasteiger partial charge >= 0.3 is 5.97 Å².